The second-order valence-corrected chi connectivity index (χ2v) is 16.2. The van der Waals surface area contributed by atoms with Crippen molar-refractivity contribution in [1.82, 2.24) is 5.32 Å². The van der Waals surface area contributed by atoms with Gasteiger partial charge >= 0.3 is 0 Å². The standard InChI is InChI=1S/C49H93NO3/c1-3-5-7-9-11-13-15-17-19-21-23-24-25-27-28-30-32-34-36-38-40-42-44-48(52)47(46-51)50-49(53)45-43-41-39-37-35-33-31-29-26-22-20-18-16-14-12-10-8-6-4-2/h12,14,18,20,42,44,47-48,51-52H,3-11,13,15-17,19,21-41,43,45-46H2,1-2H3,(H,50,53)/b14-12-,20-18-,44-42+. The molecule has 4 heteroatoms. The number of aliphatic hydroxyl groups excluding tert-OH is 2. The van der Waals surface area contributed by atoms with Crippen molar-refractivity contribution in [1.29, 1.82) is 0 Å². The molecule has 312 valence electrons. The number of allylic oxidation sites excluding steroid dienone is 5. The maximum atomic E-state index is 12.4. The first kappa shape index (κ1) is 51.6. The molecule has 0 aliphatic heterocycles. The highest BCUT2D eigenvalue weighted by Gasteiger charge is 2.17. The topological polar surface area (TPSA) is 69.6 Å². The van der Waals surface area contributed by atoms with Gasteiger partial charge in [-0.15, -0.1) is 0 Å². The van der Waals surface area contributed by atoms with Crippen molar-refractivity contribution >= 4 is 5.91 Å². The van der Waals surface area contributed by atoms with E-state index in [4.69, 9.17) is 0 Å². The Labute approximate surface area is 331 Å². The van der Waals surface area contributed by atoms with Crippen molar-refractivity contribution in [3.8, 4) is 0 Å². The summed E-state index contributed by atoms with van der Waals surface area (Å²) in [4.78, 5) is 12.4. The van der Waals surface area contributed by atoms with E-state index in [0.717, 1.165) is 32.1 Å². The van der Waals surface area contributed by atoms with E-state index in [-0.39, 0.29) is 12.5 Å². The molecule has 1 amide bonds. The number of nitrogens with one attached hydrogen (secondary N) is 1. The van der Waals surface area contributed by atoms with Gasteiger partial charge < -0.3 is 15.5 Å². The number of hydrogen-bond acceptors (Lipinski definition) is 3. The molecule has 4 nitrogen and oxygen atoms in total. The molecule has 0 aliphatic carbocycles. The van der Waals surface area contributed by atoms with Crippen molar-refractivity contribution in [2.45, 2.75) is 264 Å². The van der Waals surface area contributed by atoms with Crippen LogP contribution in [0.25, 0.3) is 0 Å². The summed E-state index contributed by atoms with van der Waals surface area (Å²) in [5.41, 5.74) is 0. The van der Waals surface area contributed by atoms with E-state index in [9.17, 15) is 15.0 Å². The van der Waals surface area contributed by atoms with Gasteiger partial charge in [-0.2, -0.15) is 0 Å². The van der Waals surface area contributed by atoms with E-state index in [1.807, 2.05) is 6.08 Å². The first-order chi connectivity index (χ1) is 26.2. The molecule has 0 spiro atoms. The van der Waals surface area contributed by atoms with Crippen LogP contribution < -0.4 is 5.32 Å². The van der Waals surface area contributed by atoms with Gasteiger partial charge in [0.25, 0.3) is 0 Å². The summed E-state index contributed by atoms with van der Waals surface area (Å²) in [6.07, 6.45) is 59.7. The van der Waals surface area contributed by atoms with Crippen LogP contribution in [0.5, 0.6) is 0 Å². The minimum Gasteiger partial charge on any atom is -0.394 e. The summed E-state index contributed by atoms with van der Waals surface area (Å²) in [5.74, 6) is -0.0670. The number of carbonyl (C=O) groups excluding carboxylic acids is 1. The van der Waals surface area contributed by atoms with Crippen LogP contribution in [0.3, 0.4) is 0 Å². The van der Waals surface area contributed by atoms with Gasteiger partial charge in [-0.1, -0.05) is 230 Å². The molecule has 0 heterocycles. The summed E-state index contributed by atoms with van der Waals surface area (Å²) >= 11 is 0. The predicted octanol–water partition coefficient (Wildman–Crippen LogP) is 15.0. The van der Waals surface area contributed by atoms with E-state index in [2.05, 4.69) is 43.5 Å². The fourth-order valence-corrected chi connectivity index (χ4v) is 7.21. The lowest BCUT2D eigenvalue weighted by atomic mass is 10.0. The fraction of sp³-hybridized carbons (Fsp3) is 0.857. The zero-order chi connectivity index (χ0) is 38.6. The molecule has 0 aromatic carbocycles. The minimum atomic E-state index is -0.840. The molecule has 0 aromatic heterocycles. The molecule has 0 aliphatic rings. The minimum absolute atomic E-state index is 0.0670. The first-order valence-electron chi connectivity index (χ1n) is 23.7. The third kappa shape index (κ3) is 41.6. The molecule has 0 saturated carbocycles. The van der Waals surface area contributed by atoms with Crippen LogP contribution in [-0.2, 0) is 4.79 Å². The average molecular weight is 744 g/mol. The second-order valence-electron chi connectivity index (χ2n) is 16.2. The van der Waals surface area contributed by atoms with Crippen molar-refractivity contribution in [3.63, 3.8) is 0 Å². The molecule has 0 fully saturated rings. The number of carbonyl (C=O) groups is 1. The Morgan fingerprint density at radius 3 is 1.17 bits per heavy atom. The van der Waals surface area contributed by atoms with Crippen LogP contribution in [0.15, 0.2) is 36.5 Å². The van der Waals surface area contributed by atoms with Crippen LogP contribution in [0.1, 0.15) is 251 Å². The highest BCUT2D eigenvalue weighted by molar-refractivity contribution is 5.76. The number of rotatable bonds is 43. The van der Waals surface area contributed by atoms with Crippen molar-refractivity contribution in [2.24, 2.45) is 0 Å². The van der Waals surface area contributed by atoms with Crippen LogP contribution >= 0.6 is 0 Å². The van der Waals surface area contributed by atoms with Crippen molar-refractivity contribution in [3.05, 3.63) is 36.5 Å². The zero-order valence-corrected chi connectivity index (χ0v) is 35.8. The van der Waals surface area contributed by atoms with E-state index in [0.29, 0.717) is 6.42 Å². The molecule has 0 aromatic rings. The van der Waals surface area contributed by atoms with Gasteiger partial charge in [-0.25, -0.2) is 0 Å². The molecule has 0 rings (SSSR count). The molecule has 3 N–H and O–H groups in total. The lowest BCUT2D eigenvalue weighted by Gasteiger charge is -2.20. The molecular formula is C49H93NO3. The number of aliphatic hydroxyl groups is 2. The summed E-state index contributed by atoms with van der Waals surface area (Å²) in [7, 11) is 0. The Kier molecular flexibility index (Phi) is 43.8. The van der Waals surface area contributed by atoms with Gasteiger partial charge in [-0.05, 0) is 51.4 Å². The van der Waals surface area contributed by atoms with Gasteiger partial charge in [0.2, 0.25) is 5.91 Å². The van der Waals surface area contributed by atoms with Gasteiger partial charge in [0.1, 0.15) is 0 Å². The molecule has 0 radical (unpaired) electrons. The summed E-state index contributed by atoms with van der Waals surface area (Å²) in [5, 5.41) is 23.1. The van der Waals surface area contributed by atoms with E-state index in [1.54, 1.807) is 6.08 Å². The number of unbranched alkanes of at least 4 members (excludes halogenated alkanes) is 32. The maximum Gasteiger partial charge on any atom is 0.220 e. The van der Waals surface area contributed by atoms with Gasteiger partial charge in [0, 0.05) is 6.42 Å². The van der Waals surface area contributed by atoms with E-state index < -0.39 is 12.1 Å². The Morgan fingerprint density at radius 2 is 0.774 bits per heavy atom. The van der Waals surface area contributed by atoms with Gasteiger partial charge in [0.05, 0.1) is 18.8 Å². The lowest BCUT2D eigenvalue weighted by Crippen LogP contribution is -2.45. The molecule has 0 saturated heterocycles. The molecular weight excluding hydrogens is 651 g/mol. The van der Waals surface area contributed by atoms with Crippen molar-refractivity contribution in [2.75, 3.05) is 6.61 Å². The predicted molar refractivity (Wildman–Crippen MR) is 235 cm³/mol. The Hall–Kier alpha value is -1.39. The van der Waals surface area contributed by atoms with Crippen molar-refractivity contribution < 1.29 is 15.0 Å². The van der Waals surface area contributed by atoms with Crippen LogP contribution in [0, 0.1) is 0 Å². The highest BCUT2D eigenvalue weighted by atomic mass is 16.3. The monoisotopic (exact) mass is 744 g/mol. The second kappa shape index (κ2) is 45.0. The highest BCUT2D eigenvalue weighted by Crippen LogP contribution is 2.16. The van der Waals surface area contributed by atoms with Crippen LogP contribution in [0.4, 0.5) is 0 Å². The summed E-state index contributed by atoms with van der Waals surface area (Å²) in [6, 6.07) is -0.624. The molecule has 2 atom stereocenters. The average Bonchev–Trinajstić information content (AvgIpc) is 3.16. The zero-order valence-electron chi connectivity index (χ0n) is 35.8. The molecule has 53 heavy (non-hydrogen) atoms. The quantitative estimate of drug-likeness (QED) is 0.0430. The van der Waals surface area contributed by atoms with E-state index in [1.165, 1.54) is 199 Å². The fourth-order valence-electron chi connectivity index (χ4n) is 7.21. The number of amides is 1. The summed E-state index contributed by atoms with van der Waals surface area (Å²) < 4.78 is 0. The Balaban J connectivity index is 3.54. The SMILES string of the molecule is CCCCC/C=C\C/C=C\CCCCCCCCCCCC(=O)NC(CO)C(O)/C=C/CCCCCCCCCCCCCCCCCCCCCC. The molecule has 0 bridgehead atoms. The summed E-state index contributed by atoms with van der Waals surface area (Å²) in [6.45, 7) is 4.30. The smallest absolute Gasteiger partial charge is 0.220 e. The van der Waals surface area contributed by atoms with Gasteiger partial charge in [-0.3, -0.25) is 4.79 Å². The van der Waals surface area contributed by atoms with Crippen LogP contribution in [0.2, 0.25) is 0 Å². The number of hydrogen-bond donors (Lipinski definition) is 3. The maximum absolute atomic E-state index is 12.4. The largest absolute Gasteiger partial charge is 0.394 e. The third-order valence-corrected chi connectivity index (χ3v) is 10.9. The van der Waals surface area contributed by atoms with E-state index >= 15 is 0 Å². The first-order valence-corrected chi connectivity index (χ1v) is 23.7. The van der Waals surface area contributed by atoms with Gasteiger partial charge in [0.15, 0.2) is 0 Å². The normalized spacial score (nSPS) is 13.2. The lowest BCUT2D eigenvalue weighted by molar-refractivity contribution is -0.123. The van der Waals surface area contributed by atoms with Crippen LogP contribution in [-0.4, -0.2) is 34.9 Å². The third-order valence-electron chi connectivity index (χ3n) is 10.9. The Bertz CT molecular complexity index is 806. The molecule has 2 unspecified atom stereocenters. The Morgan fingerprint density at radius 1 is 0.453 bits per heavy atom.